The highest BCUT2D eigenvalue weighted by atomic mass is 16.5. The Morgan fingerprint density at radius 1 is 1.16 bits per heavy atom. The summed E-state index contributed by atoms with van der Waals surface area (Å²) in [4.78, 5) is 47.7. The third-order valence-corrected chi connectivity index (χ3v) is 8.45. The number of carbonyl (C=O) groups excluding carboxylic acids is 3. The molecule has 208 valence electrons. The van der Waals surface area contributed by atoms with Crippen LogP contribution in [-0.2, 0) is 19.1 Å². The molecule has 3 aliphatic rings. The lowest BCUT2D eigenvalue weighted by Crippen LogP contribution is -2.60. The lowest BCUT2D eigenvalue weighted by Gasteiger charge is -2.40. The molecule has 1 spiro atoms. The second kappa shape index (κ2) is 11.3. The van der Waals surface area contributed by atoms with Gasteiger partial charge in [-0.05, 0) is 52.4 Å². The third-order valence-electron chi connectivity index (χ3n) is 8.45. The number of amides is 3. The van der Waals surface area contributed by atoms with Gasteiger partial charge in [0.2, 0.25) is 17.7 Å². The van der Waals surface area contributed by atoms with Gasteiger partial charge in [-0.2, -0.15) is 0 Å². The Morgan fingerprint density at radius 2 is 1.81 bits per heavy atom. The van der Waals surface area contributed by atoms with E-state index < -0.39 is 35.1 Å². The lowest BCUT2D eigenvalue weighted by atomic mass is 9.66. The van der Waals surface area contributed by atoms with Gasteiger partial charge in [0.05, 0.1) is 30.1 Å². The molecule has 3 fully saturated rings. The van der Waals surface area contributed by atoms with Crippen molar-refractivity contribution in [1.29, 1.82) is 0 Å². The maximum absolute atomic E-state index is 14.4. The average Bonchev–Trinajstić information content (AvgIpc) is 3.40. The van der Waals surface area contributed by atoms with Gasteiger partial charge in [-0.3, -0.25) is 14.4 Å². The maximum Gasteiger partial charge on any atom is 0.248 e. The van der Waals surface area contributed by atoms with Crippen LogP contribution in [0.3, 0.4) is 0 Å². The van der Waals surface area contributed by atoms with Gasteiger partial charge < -0.3 is 24.5 Å². The molecule has 3 amide bonds. The molecular formula is C29H47N3O5. The summed E-state index contributed by atoms with van der Waals surface area (Å²) in [6, 6.07) is -1.55. The number of hydrogen-bond donors (Lipinski definition) is 1. The number of aliphatic hydroxyl groups is 1. The summed E-state index contributed by atoms with van der Waals surface area (Å²) in [5.74, 6) is -1.83. The fraction of sp³-hybridized carbons (Fsp3) is 0.759. The molecule has 8 nitrogen and oxygen atoms in total. The molecule has 6 atom stereocenters. The van der Waals surface area contributed by atoms with E-state index in [1.165, 1.54) is 0 Å². The van der Waals surface area contributed by atoms with Gasteiger partial charge in [0.1, 0.15) is 11.6 Å². The van der Waals surface area contributed by atoms with Crippen LogP contribution in [0.4, 0.5) is 0 Å². The maximum atomic E-state index is 14.4. The number of nitrogens with zero attached hydrogens (tertiary/aromatic N) is 3. The van der Waals surface area contributed by atoms with Crippen LogP contribution in [0.25, 0.3) is 0 Å². The lowest BCUT2D eigenvalue weighted by molar-refractivity contribution is -0.157. The fourth-order valence-corrected chi connectivity index (χ4v) is 7.00. The van der Waals surface area contributed by atoms with Crippen molar-refractivity contribution in [2.24, 2.45) is 17.8 Å². The molecule has 3 rings (SSSR count). The summed E-state index contributed by atoms with van der Waals surface area (Å²) in [6.07, 6.45) is 5.83. The summed E-state index contributed by atoms with van der Waals surface area (Å²) < 4.78 is 6.76. The number of fused-ring (bicyclic) bond motifs is 1. The molecule has 0 aliphatic carbocycles. The fourth-order valence-electron chi connectivity index (χ4n) is 7.00. The van der Waals surface area contributed by atoms with Crippen LogP contribution in [0.2, 0.25) is 0 Å². The molecule has 3 aliphatic heterocycles. The molecule has 3 heterocycles. The molecule has 0 radical (unpaired) electrons. The Kier molecular flexibility index (Phi) is 8.95. The monoisotopic (exact) mass is 517 g/mol. The first kappa shape index (κ1) is 29.4. The first-order chi connectivity index (χ1) is 17.4. The van der Waals surface area contributed by atoms with Crippen LogP contribution in [0.5, 0.6) is 0 Å². The van der Waals surface area contributed by atoms with Crippen molar-refractivity contribution in [1.82, 2.24) is 14.7 Å². The van der Waals surface area contributed by atoms with Crippen molar-refractivity contribution < 1.29 is 24.2 Å². The van der Waals surface area contributed by atoms with E-state index >= 15 is 0 Å². The standard InChI is InChI=1S/C29H47N3O5/c1-9-14-30(15-10-2)25(34)22-23-26(35)32(21(18-33)17-19(4)5)24(27(36)31(16-11-3)20(6)7)29(23)13-12-28(22,8)37-29/h9,11,19-24,33H,1,3,10,12-18H2,2,4-8H3/t21-,22+,23+,24?,28-,29?/m1/s1. The van der Waals surface area contributed by atoms with Gasteiger partial charge in [0, 0.05) is 25.7 Å². The molecule has 3 saturated heterocycles. The van der Waals surface area contributed by atoms with E-state index in [2.05, 4.69) is 13.2 Å². The smallest absolute Gasteiger partial charge is 0.248 e. The zero-order valence-electron chi connectivity index (χ0n) is 23.6. The zero-order valence-corrected chi connectivity index (χ0v) is 23.6. The molecule has 2 bridgehead atoms. The predicted octanol–water partition coefficient (Wildman–Crippen LogP) is 3.01. The molecule has 2 unspecified atom stereocenters. The van der Waals surface area contributed by atoms with Crippen LogP contribution in [0.15, 0.2) is 25.3 Å². The van der Waals surface area contributed by atoms with Crippen molar-refractivity contribution in [3.8, 4) is 0 Å². The Labute approximate surface area is 222 Å². The summed E-state index contributed by atoms with van der Waals surface area (Å²) in [7, 11) is 0. The van der Waals surface area contributed by atoms with E-state index in [1.807, 2.05) is 41.5 Å². The normalized spacial score (nSPS) is 31.1. The predicted molar refractivity (Wildman–Crippen MR) is 144 cm³/mol. The van der Waals surface area contributed by atoms with Crippen LogP contribution in [-0.4, -0.2) is 93.1 Å². The zero-order chi connectivity index (χ0) is 27.7. The number of likely N-dealkylation sites (tertiary alicyclic amines) is 1. The Morgan fingerprint density at radius 3 is 2.32 bits per heavy atom. The summed E-state index contributed by atoms with van der Waals surface area (Å²) in [5, 5.41) is 10.4. The minimum Gasteiger partial charge on any atom is -0.394 e. The molecule has 0 saturated carbocycles. The first-order valence-corrected chi connectivity index (χ1v) is 13.9. The van der Waals surface area contributed by atoms with Crippen molar-refractivity contribution in [2.45, 2.75) is 96.6 Å². The molecule has 0 aromatic rings. The van der Waals surface area contributed by atoms with Crippen molar-refractivity contribution in [3.05, 3.63) is 25.3 Å². The van der Waals surface area contributed by atoms with Gasteiger partial charge in [0.25, 0.3) is 0 Å². The van der Waals surface area contributed by atoms with Gasteiger partial charge in [-0.15, -0.1) is 13.2 Å². The first-order valence-electron chi connectivity index (χ1n) is 13.9. The molecule has 8 heteroatoms. The van der Waals surface area contributed by atoms with Crippen molar-refractivity contribution >= 4 is 17.7 Å². The third kappa shape index (κ3) is 4.87. The molecular weight excluding hydrogens is 470 g/mol. The van der Waals surface area contributed by atoms with E-state index in [9.17, 15) is 19.5 Å². The molecule has 37 heavy (non-hydrogen) atoms. The van der Waals surface area contributed by atoms with E-state index in [0.717, 1.165) is 6.42 Å². The number of hydrogen-bond acceptors (Lipinski definition) is 5. The van der Waals surface area contributed by atoms with Crippen LogP contribution in [0.1, 0.15) is 67.2 Å². The van der Waals surface area contributed by atoms with E-state index in [0.29, 0.717) is 38.9 Å². The van der Waals surface area contributed by atoms with Gasteiger partial charge in [-0.1, -0.05) is 32.9 Å². The Bertz CT molecular complexity index is 904. The van der Waals surface area contributed by atoms with E-state index in [1.54, 1.807) is 26.9 Å². The number of aliphatic hydroxyl groups excluding tert-OH is 1. The van der Waals surface area contributed by atoms with E-state index in [-0.39, 0.29) is 36.3 Å². The second-order valence-electron chi connectivity index (χ2n) is 11.9. The summed E-state index contributed by atoms with van der Waals surface area (Å²) >= 11 is 0. The molecule has 0 aromatic carbocycles. The highest BCUT2D eigenvalue weighted by Crippen LogP contribution is 2.64. The van der Waals surface area contributed by atoms with Gasteiger partial charge >= 0.3 is 0 Å². The quantitative estimate of drug-likeness (QED) is 0.379. The molecule has 1 N–H and O–H groups in total. The summed E-state index contributed by atoms with van der Waals surface area (Å²) in [6.45, 7) is 20.6. The van der Waals surface area contributed by atoms with Crippen LogP contribution < -0.4 is 0 Å². The van der Waals surface area contributed by atoms with Crippen molar-refractivity contribution in [2.75, 3.05) is 26.2 Å². The van der Waals surface area contributed by atoms with Crippen LogP contribution >= 0.6 is 0 Å². The molecule has 0 aromatic heterocycles. The number of carbonyl (C=O) groups is 3. The summed E-state index contributed by atoms with van der Waals surface area (Å²) in [5.41, 5.74) is -1.93. The highest BCUT2D eigenvalue weighted by Gasteiger charge is 2.78. The SMILES string of the molecule is C=CCN(CCC)C(=O)[C@@H]1[C@H]2C(=O)N([C@@H](CO)CC(C)C)C(C(=O)N(CC=C)C(C)C)C23CC[C@@]1(C)O3. The van der Waals surface area contributed by atoms with Gasteiger partial charge in [0.15, 0.2) is 0 Å². The number of ether oxygens (including phenoxy) is 1. The minimum atomic E-state index is -1.10. The van der Waals surface area contributed by atoms with Gasteiger partial charge in [-0.25, -0.2) is 0 Å². The Balaban J connectivity index is 2.16. The number of rotatable bonds is 13. The minimum absolute atomic E-state index is 0.116. The second-order valence-corrected chi connectivity index (χ2v) is 11.9. The van der Waals surface area contributed by atoms with E-state index in [4.69, 9.17) is 4.74 Å². The van der Waals surface area contributed by atoms with Crippen molar-refractivity contribution in [3.63, 3.8) is 0 Å². The topological polar surface area (TPSA) is 90.4 Å². The largest absolute Gasteiger partial charge is 0.394 e. The average molecular weight is 518 g/mol. The highest BCUT2D eigenvalue weighted by molar-refractivity contribution is 5.99. The van der Waals surface area contributed by atoms with Crippen LogP contribution in [0, 0.1) is 17.8 Å². The Hall–Kier alpha value is -2.19.